The summed E-state index contributed by atoms with van der Waals surface area (Å²) < 4.78 is 17.4. The number of nitrogens with zero attached hydrogens (tertiary/aromatic N) is 1. The smallest absolute Gasteiger partial charge is 0.250 e. The Morgan fingerprint density at radius 1 is 1.73 bits per heavy atom. The first-order valence-corrected chi connectivity index (χ1v) is 3.16. The highest BCUT2D eigenvalue weighted by atomic mass is 19.1. The predicted octanol–water partition coefficient (Wildman–Crippen LogP) is 0.688. The van der Waals surface area contributed by atoms with Crippen LogP contribution in [0.15, 0.2) is 12.3 Å². The van der Waals surface area contributed by atoms with E-state index in [0.717, 1.165) is 0 Å². The van der Waals surface area contributed by atoms with Gasteiger partial charge in [0.15, 0.2) is 5.82 Å². The Bertz CT molecular complexity index is 252. The molecule has 0 radical (unpaired) electrons. The summed E-state index contributed by atoms with van der Waals surface area (Å²) in [5, 5.41) is 0. The number of aromatic nitrogens is 1. The second-order valence-corrected chi connectivity index (χ2v) is 2.04. The minimum absolute atomic E-state index is 0.00204. The van der Waals surface area contributed by atoms with Crippen molar-refractivity contribution in [2.75, 3.05) is 7.11 Å². The maximum absolute atomic E-state index is 12.8. The Morgan fingerprint density at radius 3 is 2.91 bits per heavy atom. The first-order chi connectivity index (χ1) is 5.27. The minimum Gasteiger partial charge on any atom is -0.479 e. The van der Waals surface area contributed by atoms with Crippen molar-refractivity contribution >= 4 is 0 Å². The highest BCUT2D eigenvalue weighted by Gasteiger charge is 2.02. The predicted molar refractivity (Wildman–Crippen MR) is 38.6 cm³/mol. The molecule has 3 nitrogen and oxygen atoms in total. The minimum atomic E-state index is -0.476. The van der Waals surface area contributed by atoms with Gasteiger partial charge in [-0.15, -0.1) is 0 Å². The quantitative estimate of drug-likeness (QED) is 0.685. The number of rotatable bonds is 2. The molecular formula is C7H9FN2O. The van der Waals surface area contributed by atoms with Crippen molar-refractivity contribution in [2.24, 2.45) is 5.73 Å². The Kier molecular flexibility index (Phi) is 2.38. The molecular weight excluding hydrogens is 147 g/mol. The van der Waals surface area contributed by atoms with E-state index >= 15 is 0 Å². The molecule has 60 valence electrons. The lowest BCUT2D eigenvalue weighted by atomic mass is 10.3. The van der Waals surface area contributed by atoms with Gasteiger partial charge in [0.25, 0.3) is 0 Å². The summed E-state index contributed by atoms with van der Waals surface area (Å²) in [6.45, 7) is 0.286. The molecule has 0 fully saturated rings. The van der Waals surface area contributed by atoms with Gasteiger partial charge in [0.05, 0.1) is 7.11 Å². The number of halogens is 1. The van der Waals surface area contributed by atoms with Gasteiger partial charge >= 0.3 is 0 Å². The molecule has 11 heavy (non-hydrogen) atoms. The van der Waals surface area contributed by atoms with Gasteiger partial charge in [-0.3, -0.25) is 0 Å². The molecule has 0 spiro atoms. The third kappa shape index (κ3) is 1.65. The van der Waals surface area contributed by atoms with Crippen LogP contribution in [0.1, 0.15) is 5.56 Å². The topological polar surface area (TPSA) is 48.1 Å². The standard InChI is InChI=1S/C7H9FN2O/c1-11-7-6(8)2-5(3-9)4-10-7/h2,4H,3,9H2,1H3. The van der Waals surface area contributed by atoms with E-state index in [1.54, 1.807) is 0 Å². The maximum Gasteiger partial charge on any atom is 0.250 e. The molecule has 0 saturated carbocycles. The molecule has 1 rings (SSSR count). The van der Waals surface area contributed by atoms with Crippen LogP contribution in [0.3, 0.4) is 0 Å². The number of pyridine rings is 1. The van der Waals surface area contributed by atoms with Crippen LogP contribution < -0.4 is 10.5 Å². The molecule has 0 aliphatic carbocycles. The van der Waals surface area contributed by atoms with E-state index in [9.17, 15) is 4.39 Å². The van der Waals surface area contributed by atoms with E-state index in [0.29, 0.717) is 5.56 Å². The van der Waals surface area contributed by atoms with Crippen LogP contribution in [0.4, 0.5) is 4.39 Å². The summed E-state index contributed by atoms with van der Waals surface area (Å²) in [5.74, 6) is -0.474. The van der Waals surface area contributed by atoms with Crippen LogP contribution in [0, 0.1) is 5.82 Å². The molecule has 0 aliphatic rings. The molecule has 0 aliphatic heterocycles. The Labute approximate surface area is 64.0 Å². The second kappa shape index (κ2) is 3.30. The van der Waals surface area contributed by atoms with Gasteiger partial charge in [-0.1, -0.05) is 0 Å². The number of methoxy groups -OCH3 is 1. The van der Waals surface area contributed by atoms with Gasteiger partial charge in [0.2, 0.25) is 5.88 Å². The fraction of sp³-hybridized carbons (Fsp3) is 0.286. The highest BCUT2D eigenvalue weighted by Crippen LogP contribution is 2.12. The molecule has 0 unspecified atom stereocenters. The fourth-order valence-corrected chi connectivity index (χ4v) is 0.727. The zero-order valence-corrected chi connectivity index (χ0v) is 6.17. The first-order valence-electron chi connectivity index (χ1n) is 3.16. The first kappa shape index (κ1) is 7.94. The average molecular weight is 156 g/mol. The summed E-state index contributed by atoms with van der Waals surface area (Å²) in [6.07, 6.45) is 1.49. The molecule has 0 aromatic carbocycles. The van der Waals surface area contributed by atoms with Crippen molar-refractivity contribution in [3.05, 3.63) is 23.6 Å². The Hall–Kier alpha value is -1.16. The number of hydrogen-bond acceptors (Lipinski definition) is 3. The zero-order chi connectivity index (χ0) is 8.27. The molecule has 1 aromatic rings. The summed E-state index contributed by atoms with van der Waals surface area (Å²) >= 11 is 0. The molecule has 1 heterocycles. The van der Waals surface area contributed by atoms with E-state index in [2.05, 4.69) is 9.72 Å². The van der Waals surface area contributed by atoms with Gasteiger partial charge in [-0.25, -0.2) is 9.37 Å². The summed E-state index contributed by atoms with van der Waals surface area (Å²) in [4.78, 5) is 3.69. The number of hydrogen-bond donors (Lipinski definition) is 1. The van der Waals surface area contributed by atoms with Gasteiger partial charge in [0, 0.05) is 12.7 Å². The SMILES string of the molecule is COc1ncc(CN)cc1F. The van der Waals surface area contributed by atoms with Crippen molar-refractivity contribution in [1.82, 2.24) is 4.98 Å². The average Bonchev–Trinajstić information content (AvgIpc) is 2.04. The molecule has 0 saturated heterocycles. The lowest BCUT2D eigenvalue weighted by molar-refractivity contribution is 0.368. The largest absolute Gasteiger partial charge is 0.479 e. The van der Waals surface area contributed by atoms with Gasteiger partial charge in [-0.05, 0) is 11.6 Å². The van der Waals surface area contributed by atoms with Gasteiger partial charge in [0.1, 0.15) is 0 Å². The van der Waals surface area contributed by atoms with Crippen LogP contribution in [-0.2, 0) is 6.54 Å². The molecule has 2 N–H and O–H groups in total. The van der Waals surface area contributed by atoms with Crippen LogP contribution in [0.2, 0.25) is 0 Å². The monoisotopic (exact) mass is 156 g/mol. The lowest BCUT2D eigenvalue weighted by Crippen LogP contribution is -1.99. The van der Waals surface area contributed by atoms with Crippen LogP contribution in [-0.4, -0.2) is 12.1 Å². The second-order valence-electron chi connectivity index (χ2n) is 2.04. The van der Waals surface area contributed by atoms with Gasteiger partial charge in [-0.2, -0.15) is 0 Å². The Morgan fingerprint density at radius 2 is 2.45 bits per heavy atom. The van der Waals surface area contributed by atoms with Crippen LogP contribution >= 0.6 is 0 Å². The number of nitrogens with two attached hydrogens (primary N) is 1. The molecule has 0 bridgehead atoms. The summed E-state index contributed by atoms with van der Waals surface area (Å²) in [7, 11) is 1.37. The van der Waals surface area contributed by atoms with Crippen molar-refractivity contribution in [3.63, 3.8) is 0 Å². The summed E-state index contributed by atoms with van der Waals surface area (Å²) in [6, 6.07) is 1.31. The van der Waals surface area contributed by atoms with Crippen molar-refractivity contribution in [3.8, 4) is 5.88 Å². The third-order valence-corrected chi connectivity index (χ3v) is 1.29. The van der Waals surface area contributed by atoms with Crippen molar-refractivity contribution < 1.29 is 9.13 Å². The van der Waals surface area contributed by atoms with Crippen LogP contribution in [0.5, 0.6) is 5.88 Å². The molecule has 0 atom stereocenters. The molecule has 1 aromatic heterocycles. The van der Waals surface area contributed by atoms with Crippen molar-refractivity contribution in [2.45, 2.75) is 6.54 Å². The fourth-order valence-electron chi connectivity index (χ4n) is 0.727. The van der Waals surface area contributed by atoms with E-state index in [1.807, 2.05) is 0 Å². The summed E-state index contributed by atoms with van der Waals surface area (Å²) in [5.41, 5.74) is 5.92. The van der Waals surface area contributed by atoms with E-state index in [-0.39, 0.29) is 12.4 Å². The lowest BCUT2D eigenvalue weighted by Gasteiger charge is -2.00. The number of ether oxygens (including phenoxy) is 1. The van der Waals surface area contributed by atoms with E-state index in [4.69, 9.17) is 5.73 Å². The Balaban J connectivity index is 2.99. The van der Waals surface area contributed by atoms with Crippen LogP contribution in [0.25, 0.3) is 0 Å². The zero-order valence-electron chi connectivity index (χ0n) is 6.17. The highest BCUT2D eigenvalue weighted by molar-refractivity contribution is 5.19. The van der Waals surface area contributed by atoms with Crippen molar-refractivity contribution in [1.29, 1.82) is 0 Å². The normalized spacial score (nSPS) is 9.73. The van der Waals surface area contributed by atoms with E-state index < -0.39 is 5.82 Å². The molecule has 0 amide bonds. The third-order valence-electron chi connectivity index (χ3n) is 1.29. The van der Waals surface area contributed by atoms with Gasteiger partial charge < -0.3 is 10.5 Å². The maximum atomic E-state index is 12.8. The molecule has 4 heteroatoms. The van der Waals surface area contributed by atoms with E-state index in [1.165, 1.54) is 19.4 Å².